The molecule has 1 N–H and O–H groups in total. The number of hydrogen-bond acceptors (Lipinski definition) is 4. The van der Waals surface area contributed by atoms with Crippen LogP contribution in [0, 0.1) is 10.1 Å². The van der Waals surface area contributed by atoms with Gasteiger partial charge >= 0.3 is 0 Å². The van der Waals surface area contributed by atoms with Crippen molar-refractivity contribution in [3.63, 3.8) is 0 Å². The van der Waals surface area contributed by atoms with Gasteiger partial charge in [-0.05, 0) is 6.42 Å². The minimum absolute atomic E-state index is 0.0458. The highest BCUT2D eigenvalue weighted by atomic mass is 32.2. The molecule has 0 fully saturated rings. The van der Waals surface area contributed by atoms with Gasteiger partial charge in [-0.1, -0.05) is 31.5 Å². The van der Waals surface area contributed by atoms with Gasteiger partial charge in [0, 0.05) is 18.2 Å². The van der Waals surface area contributed by atoms with E-state index in [1.165, 1.54) is 6.07 Å². The first-order valence-electron chi connectivity index (χ1n) is 5.66. The Hall–Kier alpha value is -1.47. The van der Waals surface area contributed by atoms with Crippen molar-refractivity contribution in [3.8, 4) is 0 Å². The van der Waals surface area contributed by atoms with Gasteiger partial charge < -0.3 is 0 Å². The number of nitro benzene ring substituents is 1. The van der Waals surface area contributed by atoms with Gasteiger partial charge in [-0.3, -0.25) is 10.1 Å². The Morgan fingerprint density at radius 3 is 2.61 bits per heavy atom. The number of rotatable bonds is 7. The third kappa shape index (κ3) is 4.42. The Bertz CT molecular complexity index is 514. The predicted octanol–water partition coefficient (Wildman–Crippen LogP) is 1.81. The summed E-state index contributed by atoms with van der Waals surface area (Å²) >= 11 is 0. The Labute approximate surface area is 106 Å². The van der Waals surface area contributed by atoms with Crippen molar-refractivity contribution in [1.29, 1.82) is 0 Å². The molecule has 100 valence electrons. The lowest BCUT2D eigenvalue weighted by Gasteiger charge is -2.06. The summed E-state index contributed by atoms with van der Waals surface area (Å²) in [6.45, 7) is 1.85. The smallest absolute Gasteiger partial charge is 0.258 e. The Morgan fingerprint density at radius 2 is 2.00 bits per heavy atom. The molecule has 18 heavy (non-hydrogen) atoms. The molecule has 0 aromatic heterocycles. The van der Waals surface area contributed by atoms with Crippen molar-refractivity contribution in [2.24, 2.45) is 0 Å². The van der Waals surface area contributed by atoms with E-state index >= 15 is 0 Å². The minimum atomic E-state index is -3.36. The van der Waals surface area contributed by atoms with Crippen LogP contribution in [0.25, 0.3) is 0 Å². The lowest BCUT2D eigenvalue weighted by Crippen LogP contribution is -2.26. The molecule has 0 unspecified atom stereocenters. The molecule has 1 aromatic rings. The molecule has 0 saturated carbocycles. The van der Waals surface area contributed by atoms with Gasteiger partial charge in [0.05, 0.1) is 10.7 Å². The zero-order chi connectivity index (χ0) is 13.6. The highest BCUT2D eigenvalue weighted by molar-refractivity contribution is 7.89. The van der Waals surface area contributed by atoms with Crippen molar-refractivity contribution in [2.45, 2.75) is 26.3 Å². The second kappa shape index (κ2) is 6.46. The minimum Gasteiger partial charge on any atom is -0.258 e. The van der Waals surface area contributed by atoms with E-state index in [0.29, 0.717) is 12.0 Å². The number of benzene rings is 1. The van der Waals surface area contributed by atoms with Crippen LogP contribution < -0.4 is 4.72 Å². The van der Waals surface area contributed by atoms with E-state index < -0.39 is 14.9 Å². The van der Waals surface area contributed by atoms with Crippen LogP contribution in [-0.2, 0) is 16.6 Å². The second-order valence-electron chi connectivity index (χ2n) is 3.88. The van der Waals surface area contributed by atoms with Gasteiger partial charge in [0.2, 0.25) is 10.0 Å². The summed E-state index contributed by atoms with van der Waals surface area (Å²) in [5.41, 5.74) is 0.290. The molecule has 1 aromatic carbocycles. The number of hydrogen-bond donors (Lipinski definition) is 1. The van der Waals surface area contributed by atoms with Crippen LogP contribution in [-0.4, -0.2) is 19.1 Å². The van der Waals surface area contributed by atoms with E-state index in [1.54, 1.807) is 18.2 Å². The molecule has 0 spiro atoms. The molecule has 0 bridgehead atoms. The zero-order valence-electron chi connectivity index (χ0n) is 10.1. The van der Waals surface area contributed by atoms with Crippen LogP contribution in [0.1, 0.15) is 25.3 Å². The number of sulfonamides is 1. The third-order valence-corrected chi connectivity index (χ3v) is 3.85. The van der Waals surface area contributed by atoms with Crippen molar-refractivity contribution in [1.82, 2.24) is 4.72 Å². The lowest BCUT2D eigenvalue weighted by atomic mass is 10.2. The van der Waals surface area contributed by atoms with E-state index in [-0.39, 0.29) is 18.0 Å². The molecule has 0 atom stereocenters. The predicted molar refractivity (Wildman–Crippen MR) is 68.6 cm³/mol. The summed E-state index contributed by atoms with van der Waals surface area (Å²) in [4.78, 5) is 10.2. The van der Waals surface area contributed by atoms with Crippen LogP contribution in [0.4, 0.5) is 5.69 Å². The van der Waals surface area contributed by atoms with Crippen molar-refractivity contribution < 1.29 is 13.3 Å². The van der Waals surface area contributed by atoms with E-state index in [9.17, 15) is 18.5 Å². The molecule has 0 aliphatic rings. The third-order valence-electron chi connectivity index (χ3n) is 2.44. The molecule has 6 nitrogen and oxygen atoms in total. The standard InChI is InChI=1S/C11H16N2O4S/c1-2-3-8-18(16,17)12-9-10-6-4-5-7-11(10)13(14)15/h4-7,12H,2-3,8-9H2,1H3. The van der Waals surface area contributed by atoms with Gasteiger partial charge in [0.1, 0.15) is 0 Å². The highest BCUT2D eigenvalue weighted by Crippen LogP contribution is 2.17. The zero-order valence-corrected chi connectivity index (χ0v) is 10.9. The topological polar surface area (TPSA) is 89.3 Å². The summed E-state index contributed by atoms with van der Waals surface area (Å²) in [5, 5.41) is 10.7. The van der Waals surface area contributed by atoms with Crippen LogP contribution in [0.2, 0.25) is 0 Å². The maximum atomic E-state index is 11.6. The van der Waals surface area contributed by atoms with Gasteiger partial charge in [0.25, 0.3) is 5.69 Å². The normalized spacial score (nSPS) is 11.4. The first-order valence-corrected chi connectivity index (χ1v) is 7.31. The molecular formula is C11H16N2O4S. The highest BCUT2D eigenvalue weighted by Gasteiger charge is 2.15. The van der Waals surface area contributed by atoms with Gasteiger partial charge in [-0.15, -0.1) is 0 Å². The van der Waals surface area contributed by atoms with Crippen LogP contribution in [0.15, 0.2) is 24.3 Å². The molecule has 1 rings (SSSR count). The second-order valence-corrected chi connectivity index (χ2v) is 5.81. The summed E-state index contributed by atoms with van der Waals surface area (Å²) in [6.07, 6.45) is 1.36. The number of para-hydroxylation sites is 1. The fourth-order valence-electron chi connectivity index (χ4n) is 1.43. The summed E-state index contributed by atoms with van der Waals surface area (Å²) in [6, 6.07) is 6.09. The quantitative estimate of drug-likeness (QED) is 0.605. The fraction of sp³-hybridized carbons (Fsp3) is 0.455. The average Bonchev–Trinajstić information content (AvgIpc) is 2.34. The van der Waals surface area contributed by atoms with E-state index in [4.69, 9.17) is 0 Å². The Kier molecular flexibility index (Phi) is 5.24. The number of nitrogens with zero attached hydrogens (tertiary/aromatic N) is 1. The maximum absolute atomic E-state index is 11.6. The van der Waals surface area contributed by atoms with E-state index in [1.807, 2.05) is 6.92 Å². The van der Waals surface area contributed by atoms with Crippen LogP contribution >= 0.6 is 0 Å². The van der Waals surface area contributed by atoms with E-state index in [2.05, 4.69) is 4.72 Å². The van der Waals surface area contributed by atoms with Crippen molar-refractivity contribution >= 4 is 15.7 Å². The van der Waals surface area contributed by atoms with Gasteiger partial charge in [0.15, 0.2) is 0 Å². The first-order chi connectivity index (χ1) is 8.46. The van der Waals surface area contributed by atoms with Crippen LogP contribution in [0.5, 0.6) is 0 Å². The van der Waals surface area contributed by atoms with Crippen molar-refractivity contribution in [2.75, 3.05) is 5.75 Å². The van der Waals surface area contributed by atoms with Gasteiger partial charge in [-0.25, -0.2) is 13.1 Å². The SMILES string of the molecule is CCCCS(=O)(=O)NCc1ccccc1[N+](=O)[O-]. The lowest BCUT2D eigenvalue weighted by molar-refractivity contribution is -0.385. The molecule has 0 radical (unpaired) electrons. The molecule has 0 saturated heterocycles. The number of nitro groups is 1. The molecule has 0 aliphatic heterocycles. The summed E-state index contributed by atoms with van der Waals surface area (Å²) < 4.78 is 25.5. The number of nitrogens with one attached hydrogen (secondary N) is 1. The molecule has 0 amide bonds. The first kappa shape index (κ1) is 14.6. The number of unbranched alkanes of at least 4 members (excludes halogenated alkanes) is 1. The fourth-order valence-corrected chi connectivity index (χ4v) is 2.62. The average molecular weight is 272 g/mol. The largest absolute Gasteiger partial charge is 0.273 e. The Balaban J connectivity index is 2.72. The summed E-state index contributed by atoms with van der Waals surface area (Å²) in [5.74, 6) is 0.0458. The van der Waals surface area contributed by atoms with E-state index in [0.717, 1.165) is 6.42 Å². The molecule has 7 heteroatoms. The van der Waals surface area contributed by atoms with Gasteiger partial charge in [-0.2, -0.15) is 0 Å². The van der Waals surface area contributed by atoms with Crippen LogP contribution in [0.3, 0.4) is 0 Å². The van der Waals surface area contributed by atoms with Crippen molar-refractivity contribution in [3.05, 3.63) is 39.9 Å². The molecule has 0 heterocycles. The monoisotopic (exact) mass is 272 g/mol. The summed E-state index contributed by atoms with van der Waals surface area (Å²) in [7, 11) is -3.36. The molecular weight excluding hydrogens is 256 g/mol. The maximum Gasteiger partial charge on any atom is 0.273 e. The molecule has 0 aliphatic carbocycles. The Morgan fingerprint density at radius 1 is 1.33 bits per heavy atom.